The van der Waals surface area contributed by atoms with Crippen LogP contribution in [0.3, 0.4) is 0 Å². The van der Waals surface area contributed by atoms with E-state index in [2.05, 4.69) is 9.71 Å². The molecule has 0 bridgehead atoms. The average molecular weight is 429 g/mol. The number of aliphatic hydroxyl groups excluding tert-OH is 1. The van der Waals surface area contributed by atoms with Crippen LogP contribution in [0.5, 0.6) is 0 Å². The van der Waals surface area contributed by atoms with Crippen LogP contribution in [0.2, 0.25) is 10.0 Å². The number of hydrogen-bond acceptors (Lipinski definition) is 5. The molecule has 3 aromatic rings. The zero-order chi connectivity index (χ0) is 18.9. The molecule has 0 radical (unpaired) electrons. The second-order valence-electron chi connectivity index (χ2n) is 5.50. The summed E-state index contributed by atoms with van der Waals surface area (Å²) in [5.41, 5.74) is 1.41. The highest BCUT2D eigenvalue weighted by Gasteiger charge is 2.21. The molecule has 136 valence electrons. The van der Waals surface area contributed by atoms with E-state index in [9.17, 15) is 13.5 Å². The Labute approximate surface area is 165 Å². The van der Waals surface area contributed by atoms with Crippen LogP contribution in [0.4, 0.5) is 5.13 Å². The Bertz CT molecular complexity index is 1030. The minimum atomic E-state index is -3.83. The van der Waals surface area contributed by atoms with E-state index < -0.39 is 16.1 Å². The molecule has 26 heavy (non-hydrogen) atoms. The Morgan fingerprint density at radius 2 is 1.85 bits per heavy atom. The summed E-state index contributed by atoms with van der Waals surface area (Å²) in [7, 11) is -3.83. The van der Waals surface area contributed by atoms with Crippen LogP contribution < -0.4 is 4.72 Å². The van der Waals surface area contributed by atoms with Crippen molar-refractivity contribution in [1.29, 1.82) is 0 Å². The molecule has 0 saturated heterocycles. The van der Waals surface area contributed by atoms with Crippen LogP contribution in [0.25, 0.3) is 0 Å². The topological polar surface area (TPSA) is 79.3 Å². The number of anilines is 1. The highest BCUT2D eigenvalue weighted by molar-refractivity contribution is 7.93. The number of benzene rings is 2. The number of nitrogens with one attached hydrogen (secondary N) is 1. The summed E-state index contributed by atoms with van der Waals surface area (Å²) >= 11 is 12.9. The number of aromatic nitrogens is 1. The predicted octanol–water partition coefficient (Wildman–Crippen LogP) is 4.64. The maximum atomic E-state index is 12.6. The van der Waals surface area contributed by atoms with E-state index in [0.717, 1.165) is 11.3 Å². The molecule has 9 heteroatoms. The van der Waals surface area contributed by atoms with Gasteiger partial charge in [0.1, 0.15) is 6.10 Å². The molecule has 1 heterocycles. The van der Waals surface area contributed by atoms with Crippen LogP contribution >= 0.6 is 34.5 Å². The molecule has 0 aliphatic rings. The minimum absolute atomic E-state index is 0.0833. The number of rotatable bonds is 5. The number of halogens is 2. The molecule has 0 saturated carbocycles. The summed E-state index contributed by atoms with van der Waals surface area (Å²) in [6.07, 6.45) is -0.977. The van der Waals surface area contributed by atoms with Crippen LogP contribution in [0.15, 0.2) is 52.7 Å². The van der Waals surface area contributed by atoms with Gasteiger partial charge in [0.05, 0.1) is 10.6 Å². The minimum Gasteiger partial charge on any atom is -0.382 e. The van der Waals surface area contributed by atoms with Crippen molar-refractivity contribution in [3.63, 3.8) is 0 Å². The smallest absolute Gasteiger partial charge is 0.263 e. The zero-order valence-electron chi connectivity index (χ0n) is 13.5. The van der Waals surface area contributed by atoms with Gasteiger partial charge in [-0.3, -0.25) is 4.72 Å². The van der Waals surface area contributed by atoms with Crippen molar-refractivity contribution in [2.24, 2.45) is 0 Å². The van der Waals surface area contributed by atoms with Crippen molar-refractivity contribution in [3.8, 4) is 0 Å². The molecular formula is C17H14Cl2N2O3S2. The quantitative estimate of drug-likeness (QED) is 0.619. The lowest BCUT2D eigenvalue weighted by Crippen LogP contribution is -2.14. The number of hydrogen-bond donors (Lipinski definition) is 2. The monoisotopic (exact) mass is 428 g/mol. The summed E-state index contributed by atoms with van der Waals surface area (Å²) in [6.45, 7) is 1.63. The lowest BCUT2D eigenvalue weighted by Gasteiger charge is -2.10. The first-order valence-corrected chi connectivity index (χ1v) is 10.6. The van der Waals surface area contributed by atoms with Gasteiger partial charge in [-0.15, -0.1) is 11.3 Å². The first kappa shape index (κ1) is 19.1. The molecule has 0 spiro atoms. The highest BCUT2D eigenvalue weighted by atomic mass is 35.5. The standard InChI is InChI=1S/C17H14Cl2N2O3S2/c1-10-13(19)3-2-4-15(10)26(23,24)21-17-20-14(9-25-17)16(22)11-5-7-12(18)8-6-11/h2-9,16,22H,1H3,(H,20,21). The van der Waals surface area contributed by atoms with E-state index in [1.54, 1.807) is 48.7 Å². The van der Waals surface area contributed by atoms with Gasteiger partial charge in [-0.25, -0.2) is 13.4 Å². The molecule has 1 aromatic heterocycles. The summed E-state index contributed by atoms with van der Waals surface area (Å²) < 4.78 is 27.6. The number of aliphatic hydroxyl groups is 1. The fraction of sp³-hybridized carbons (Fsp3) is 0.118. The van der Waals surface area contributed by atoms with Crippen LogP contribution in [-0.4, -0.2) is 18.5 Å². The summed E-state index contributed by atoms with van der Waals surface area (Å²) in [5, 5.41) is 13.1. The molecular weight excluding hydrogens is 415 g/mol. The first-order chi connectivity index (χ1) is 12.3. The number of nitrogens with zero attached hydrogens (tertiary/aromatic N) is 1. The van der Waals surface area contributed by atoms with Crippen LogP contribution in [0.1, 0.15) is 22.9 Å². The molecule has 3 rings (SSSR count). The van der Waals surface area contributed by atoms with E-state index in [-0.39, 0.29) is 10.0 Å². The molecule has 1 unspecified atom stereocenters. The Kier molecular flexibility index (Phi) is 5.55. The van der Waals surface area contributed by atoms with Gasteiger partial charge in [0.15, 0.2) is 5.13 Å². The average Bonchev–Trinajstić information content (AvgIpc) is 3.05. The van der Waals surface area contributed by atoms with Crippen molar-refractivity contribution < 1.29 is 13.5 Å². The number of sulfonamides is 1. The summed E-state index contributed by atoms with van der Waals surface area (Å²) in [6, 6.07) is 11.4. The Morgan fingerprint density at radius 1 is 1.15 bits per heavy atom. The summed E-state index contributed by atoms with van der Waals surface area (Å²) in [5.74, 6) is 0. The molecule has 2 N–H and O–H groups in total. The summed E-state index contributed by atoms with van der Waals surface area (Å²) in [4.78, 5) is 4.27. The predicted molar refractivity (Wildman–Crippen MR) is 105 cm³/mol. The molecule has 1 atom stereocenters. The maximum Gasteiger partial charge on any atom is 0.263 e. The Hall–Kier alpha value is -1.64. The van der Waals surface area contributed by atoms with E-state index in [0.29, 0.717) is 26.9 Å². The molecule has 0 fully saturated rings. The third-order valence-electron chi connectivity index (χ3n) is 3.72. The van der Waals surface area contributed by atoms with Gasteiger partial charge in [-0.1, -0.05) is 41.4 Å². The molecule has 5 nitrogen and oxygen atoms in total. The van der Waals surface area contributed by atoms with Crippen molar-refractivity contribution in [1.82, 2.24) is 4.98 Å². The Morgan fingerprint density at radius 3 is 2.54 bits per heavy atom. The lowest BCUT2D eigenvalue weighted by molar-refractivity contribution is 0.216. The van der Waals surface area contributed by atoms with Gasteiger partial charge in [0.25, 0.3) is 10.0 Å². The van der Waals surface area contributed by atoms with Gasteiger partial charge >= 0.3 is 0 Å². The maximum absolute atomic E-state index is 12.6. The van der Waals surface area contributed by atoms with Gasteiger partial charge in [0, 0.05) is 15.4 Å². The van der Waals surface area contributed by atoms with E-state index >= 15 is 0 Å². The third-order valence-corrected chi connectivity index (χ3v) is 6.77. The van der Waals surface area contributed by atoms with Crippen molar-refractivity contribution in [3.05, 3.63) is 74.7 Å². The van der Waals surface area contributed by atoms with Crippen molar-refractivity contribution >= 4 is 49.7 Å². The second kappa shape index (κ2) is 7.54. The lowest BCUT2D eigenvalue weighted by atomic mass is 10.1. The fourth-order valence-electron chi connectivity index (χ4n) is 2.32. The van der Waals surface area contributed by atoms with Gasteiger partial charge in [0.2, 0.25) is 0 Å². The van der Waals surface area contributed by atoms with Crippen molar-refractivity contribution in [2.75, 3.05) is 4.72 Å². The highest BCUT2D eigenvalue weighted by Crippen LogP contribution is 2.29. The van der Waals surface area contributed by atoms with Crippen molar-refractivity contribution in [2.45, 2.75) is 17.9 Å². The van der Waals surface area contributed by atoms with E-state index in [1.165, 1.54) is 6.07 Å². The zero-order valence-corrected chi connectivity index (χ0v) is 16.6. The van der Waals surface area contributed by atoms with Crippen LogP contribution in [-0.2, 0) is 10.0 Å². The largest absolute Gasteiger partial charge is 0.382 e. The molecule has 0 aliphatic carbocycles. The van der Waals surface area contributed by atoms with Gasteiger partial charge in [-0.2, -0.15) is 0 Å². The Balaban J connectivity index is 1.84. The molecule has 0 amide bonds. The van der Waals surface area contributed by atoms with E-state index in [1.807, 2.05) is 0 Å². The van der Waals surface area contributed by atoms with Crippen LogP contribution in [0, 0.1) is 6.92 Å². The third kappa shape index (κ3) is 4.02. The number of thiazole rings is 1. The first-order valence-electron chi connectivity index (χ1n) is 7.45. The fourth-order valence-corrected chi connectivity index (χ4v) is 4.93. The van der Waals surface area contributed by atoms with E-state index in [4.69, 9.17) is 23.2 Å². The molecule has 2 aromatic carbocycles. The SMILES string of the molecule is Cc1c(Cl)cccc1S(=O)(=O)Nc1nc(C(O)c2ccc(Cl)cc2)cs1. The van der Waals surface area contributed by atoms with Gasteiger partial charge < -0.3 is 5.11 Å². The second-order valence-corrected chi connectivity index (χ2v) is 8.85. The molecule has 0 aliphatic heterocycles. The normalized spacial score (nSPS) is 12.8. The van der Waals surface area contributed by atoms with Gasteiger partial charge in [-0.05, 0) is 42.3 Å².